The van der Waals surface area contributed by atoms with Crippen LogP contribution >= 0.6 is 11.3 Å². The standard InChI is InChI=1S/C11H6N2O3S/c14-10-6-5-7(11(15)16)17-9(6)12-8-3-1-2-4-13(8)10/h1-5H,(H,15,16)/p-1. The second kappa shape index (κ2) is 3.39. The van der Waals surface area contributed by atoms with Gasteiger partial charge < -0.3 is 9.90 Å². The smallest absolute Gasteiger partial charge is 0.266 e. The third-order valence-electron chi connectivity index (χ3n) is 2.42. The van der Waals surface area contributed by atoms with E-state index in [1.54, 1.807) is 24.4 Å². The Bertz CT molecular complexity index is 803. The lowest BCUT2D eigenvalue weighted by Gasteiger charge is -1.97. The van der Waals surface area contributed by atoms with Gasteiger partial charge in [0.1, 0.15) is 10.5 Å². The van der Waals surface area contributed by atoms with Crippen molar-refractivity contribution >= 4 is 33.2 Å². The van der Waals surface area contributed by atoms with Gasteiger partial charge in [0.05, 0.1) is 16.2 Å². The van der Waals surface area contributed by atoms with Crippen molar-refractivity contribution in [1.82, 2.24) is 9.38 Å². The molecule has 0 aliphatic carbocycles. The molecule has 0 aliphatic rings. The molecule has 0 saturated carbocycles. The molecule has 0 fully saturated rings. The largest absolute Gasteiger partial charge is 0.544 e. The Hall–Kier alpha value is -2.21. The molecule has 6 heteroatoms. The fraction of sp³-hybridized carbons (Fsp3) is 0. The highest BCUT2D eigenvalue weighted by Crippen LogP contribution is 2.21. The van der Waals surface area contributed by atoms with E-state index in [2.05, 4.69) is 4.98 Å². The zero-order valence-electron chi connectivity index (χ0n) is 8.41. The molecular formula is C11H5N2O3S-. The molecule has 0 aromatic carbocycles. The number of hydrogen-bond donors (Lipinski definition) is 0. The number of carboxylic acids is 1. The van der Waals surface area contributed by atoms with E-state index in [-0.39, 0.29) is 10.4 Å². The SMILES string of the molecule is O=C([O-])c1cc2c(=O)n3ccccc3nc2s1. The van der Waals surface area contributed by atoms with Gasteiger partial charge >= 0.3 is 0 Å². The average Bonchev–Trinajstić information content (AvgIpc) is 2.74. The fourth-order valence-electron chi connectivity index (χ4n) is 1.65. The molecule has 0 N–H and O–H groups in total. The van der Waals surface area contributed by atoms with Crippen LogP contribution in [0, 0.1) is 0 Å². The van der Waals surface area contributed by atoms with Gasteiger partial charge in [-0.05, 0) is 18.2 Å². The van der Waals surface area contributed by atoms with Crippen LogP contribution in [0.1, 0.15) is 9.67 Å². The molecule has 3 aromatic heterocycles. The minimum atomic E-state index is -1.29. The number of fused-ring (bicyclic) bond motifs is 2. The molecule has 0 unspecified atom stereocenters. The van der Waals surface area contributed by atoms with E-state index < -0.39 is 5.97 Å². The Morgan fingerprint density at radius 2 is 2.24 bits per heavy atom. The monoisotopic (exact) mass is 245 g/mol. The minimum Gasteiger partial charge on any atom is -0.544 e. The molecule has 3 aromatic rings. The van der Waals surface area contributed by atoms with Gasteiger partial charge in [-0.2, -0.15) is 0 Å². The lowest BCUT2D eigenvalue weighted by Crippen LogP contribution is -2.20. The van der Waals surface area contributed by atoms with Gasteiger partial charge in [-0.1, -0.05) is 6.07 Å². The van der Waals surface area contributed by atoms with Crippen molar-refractivity contribution in [3.63, 3.8) is 0 Å². The summed E-state index contributed by atoms with van der Waals surface area (Å²) in [6, 6.07) is 6.48. The van der Waals surface area contributed by atoms with Gasteiger partial charge in [0.15, 0.2) is 0 Å². The third-order valence-corrected chi connectivity index (χ3v) is 3.43. The van der Waals surface area contributed by atoms with Crippen LogP contribution in [0.25, 0.3) is 15.9 Å². The molecule has 0 radical (unpaired) electrons. The summed E-state index contributed by atoms with van der Waals surface area (Å²) < 4.78 is 1.38. The van der Waals surface area contributed by atoms with Crippen LogP contribution in [-0.2, 0) is 0 Å². The molecule has 17 heavy (non-hydrogen) atoms. The van der Waals surface area contributed by atoms with Crippen molar-refractivity contribution in [2.45, 2.75) is 0 Å². The summed E-state index contributed by atoms with van der Waals surface area (Å²) in [6.07, 6.45) is 1.60. The highest BCUT2D eigenvalue weighted by atomic mass is 32.1. The second-order valence-corrected chi connectivity index (χ2v) is 4.49. The Balaban J connectivity index is 2.51. The first-order valence-electron chi connectivity index (χ1n) is 4.79. The number of aromatic carboxylic acids is 1. The van der Waals surface area contributed by atoms with Crippen molar-refractivity contribution in [1.29, 1.82) is 0 Å². The van der Waals surface area contributed by atoms with Crippen molar-refractivity contribution in [2.24, 2.45) is 0 Å². The molecule has 0 aliphatic heterocycles. The Morgan fingerprint density at radius 3 is 3.00 bits per heavy atom. The summed E-state index contributed by atoms with van der Waals surface area (Å²) in [6.45, 7) is 0. The number of rotatable bonds is 1. The van der Waals surface area contributed by atoms with Crippen LogP contribution < -0.4 is 10.7 Å². The quantitative estimate of drug-likeness (QED) is 0.617. The maximum atomic E-state index is 12.0. The van der Waals surface area contributed by atoms with Crippen LogP contribution in [-0.4, -0.2) is 15.4 Å². The van der Waals surface area contributed by atoms with Gasteiger partial charge in [-0.15, -0.1) is 11.3 Å². The Kier molecular flexibility index (Phi) is 1.99. The number of carboxylic acid groups (broad SMARTS) is 1. The molecular weight excluding hydrogens is 240 g/mol. The van der Waals surface area contributed by atoms with E-state index in [1.165, 1.54) is 10.5 Å². The van der Waals surface area contributed by atoms with E-state index in [9.17, 15) is 14.7 Å². The number of carbonyl (C=O) groups is 1. The minimum absolute atomic E-state index is 0.0144. The average molecular weight is 245 g/mol. The van der Waals surface area contributed by atoms with Crippen molar-refractivity contribution in [3.05, 3.63) is 45.7 Å². The topological polar surface area (TPSA) is 74.5 Å². The van der Waals surface area contributed by atoms with E-state index in [0.29, 0.717) is 15.9 Å². The predicted molar refractivity (Wildman–Crippen MR) is 61.2 cm³/mol. The number of carbonyl (C=O) groups excluding carboxylic acids is 1. The highest BCUT2D eigenvalue weighted by Gasteiger charge is 2.09. The maximum Gasteiger partial charge on any atom is 0.266 e. The van der Waals surface area contributed by atoms with E-state index in [0.717, 1.165) is 11.3 Å². The molecule has 0 atom stereocenters. The van der Waals surface area contributed by atoms with Gasteiger partial charge in [0.2, 0.25) is 0 Å². The van der Waals surface area contributed by atoms with Crippen LogP contribution in [0.5, 0.6) is 0 Å². The zero-order valence-corrected chi connectivity index (χ0v) is 9.23. The molecule has 5 nitrogen and oxygen atoms in total. The summed E-state index contributed by atoms with van der Waals surface area (Å²) in [5.74, 6) is -1.29. The van der Waals surface area contributed by atoms with E-state index >= 15 is 0 Å². The fourth-order valence-corrected chi connectivity index (χ4v) is 2.51. The lowest BCUT2D eigenvalue weighted by molar-refractivity contribution is -0.254. The second-order valence-electron chi connectivity index (χ2n) is 3.46. The Morgan fingerprint density at radius 1 is 1.41 bits per heavy atom. The highest BCUT2D eigenvalue weighted by molar-refractivity contribution is 7.20. The number of pyridine rings is 1. The molecule has 3 heterocycles. The zero-order chi connectivity index (χ0) is 12.0. The number of hydrogen-bond acceptors (Lipinski definition) is 5. The van der Waals surface area contributed by atoms with E-state index in [1.807, 2.05) is 0 Å². The first kappa shape index (κ1) is 9.98. The number of nitrogens with zero attached hydrogens (tertiary/aromatic N) is 2. The van der Waals surface area contributed by atoms with Gasteiger partial charge in [0.25, 0.3) is 5.56 Å². The molecule has 0 amide bonds. The summed E-state index contributed by atoms with van der Waals surface area (Å²) in [4.78, 5) is 27.4. The summed E-state index contributed by atoms with van der Waals surface area (Å²) >= 11 is 0.948. The number of aromatic nitrogens is 2. The predicted octanol–water partition coefficient (Wildman–Crippen LogP) is 0.273. The van der Waals surface area contributed by atoms with Crippen molar-refractivity contribution in [2.75, 3.05) is 0 Å². The van der Waals surface area contributed by atoms with Gasteiger partial charge in [-0.25, -0.2) is 4.98 Å². The summed E-state index contributed by atoms with van der Waals surface area (Å²) in [5, 5.41) is 11.0. The lowest BCUT2D eigenvalue weighted by atomic mass is 10.3. The number of thiophene rings is 1. The van der Waals surface area contributed by atoms with Gasteiger partial charge in [0, 0.05) is 6.20 Å². The summed E-state index contributed by atoms with van der Waals surface area (Å²) in [7, 11) is 0. The molecule has 3 rings (SSSR count). The maximum absolute atomic E-state index is 12.0. The van der Waals surface area contributed by atoms with Crippen LogP contribution in [0.4, 0.5) is 0 Å². The molecule has 84 valence electrons. The van der Waals surface area contributed by atoms with E-state index in [4.69, 9.17) is 0 Å². The third kappa shape index (κ3) is 1.42. The molecule has 0 saturated heterocycles. The van der Waals surface area contributed by atoms with Crippen LogP contribution in [0.2, 0.25) is 0 Å². The van der Waals surface area contributed by atoms with Crippen molar-refractivity contribution in [3.8, 4) is 0 Å². The van der Waals surface area contributed by atoms with Gasteiger partial charge in [-0.3, -0.25) is 9.20 Å². The normalized spacial score (nSPS) is 11.1. The Labute approximate surface area is 98.6 Å². The van der Waals surface area contributed by atoms with Crippen LogP contribution in [0.15, 0.2) is 35.3 Å². The molecule has 0 bridgehead atoms. The summed E-state index contributed by atoms with van der Waals surface area (Å²) in [5.41, 5.74) is 0.228. The van der Waals surface area contributed by atoms with Crippen molar-refractivity contribution < 1.29 is 9.90 Å². The first-order chi connectivity index (χ1) is 8.16. The first-order valence-corrected chi connectivity index (χ1v) is 5.61. The molecule has 0 spiro atoms. The van der Waals surface area contributed by atoms with Crippen LogP contribution in [0.3, 0.4) is 0 Å².